The summed E-state index contributed by atoms with van der Waals surface area (Å²) in [6.07, 6.45) is 5.20. The van der Waals surface area contributed by atoms with Gasteiger partial charge in [0.2, 0.25) is 5.95 Å². The number of aryl methyl sites for hydroxylation is 1. The first-order chi connectivity index (χ1) is 17.2. The van der Waals surface area contributed by atoms with Gasteiger partial charge in [-0.1, -0.05) is 60.7 Å². The van der Waals surface area contributed by atoms with Crippen LogP contribution in [-0.4, -0.2) is 47.9 Å². The second kappa shape index (κ2) is 9.21. The van der Waals surface area contributed by atoms with Gasteiger partial charge in [-0.2, -0.15) is 9.50 Å². The molecule has 5 aromatic rings. The number of fused-ring (bicyclic) bond motifs is 1. The molecule has 3 aromatic heterocycles. The summed E-state index contributed by atoms with van der Waals surface area (Å²) in [6.45, 7) is 3.87. The van der Waals surface area contributed by atoms with Crippen molar-refractivity contribution in [1.82, 2.24) is 34.8 Å². The minimum Gasteiger partial charge on any atom is -0.341 e. The lowest BCUT2D eigenvalue weighted by molar-refractivity contribution is 0.400. The Kier molecular flexibility index (Phi) is 5.62. The van der Waals surface area contributed by atoms with Gasteiger partial charge in [0.25, 0.3) is 5.78 Å². The minimum absolute atomic E-state index is 0.472. The zero-order valence-electron chi connectivity index (χ0n) is 19.6. The Labute approximate surface area is 203 Å². The third-order valence-electron chi connectivity index (χ3n) is 6.67. The van der Waals surface area contributed by atoms with Crippen molar-refractivity contribution >= 4 is 11.7 Å². The topological polar surface area (TPSA) is 85.0 Å². The SMILES string of the molecule is Cc1c(-c2ccnc(N3CCC(Cc4ccccc4)CC3)n2)nnc2nc(-c3ccccc3)nn12. The van der Waals surface area contributed by atoms with Crippen LogP contribution in [0.2, 0.25) is 0 Å². The number of nitrogens with zero attached hydrogens (tertiary/aromatic N) is 8. The molecule has 1 saturated heterocycles. The van der Waals surface area contributed by atoms with E-state index in [2.05, 4.69) is 60.5 Å². The normalized spacial score (nSPS) is 14.5. The van der Waals surface area contributed by atoms with E-state index in [1.807, 2.05) is 43.3 Å². The molecule has 4 heterocycles. The van der Waals surface area contributed by atoms with E-state index < -0.39 is 0 Å². The van der Waals surface area contributed by atoms with E-state index in [1.165, 1.54) is 5.56 Å². The van der Waals surface area contributed by atoms with Crippen LogP contribution >= 0.6 is 0 Å². The lowest BCUT2D eigenvalue weighted by atomic mass is 9.90. The first-order valence-corrected chi connectivity index (χ1v) is 12.0. The Morgan fingerprint density at radius 3 is 2.37 bits per heavy atom. The maximum Gasteiger partial charge on any atom is 0.272 e. The number of hydrogen-bond donors (Lipinski definition) is 0. The van der Waals surface area contributed by atoms with Crippen LogP contribution in [0.1, 0.15) is 24.1 Å². The van der Waals surface area contributed by atoms with Gasteiger partial charge in [0.1, 0.15) is 5.69 Å². The van der Waals surface area contributed by atoms with Crippen LogP contribution in [0.3, 0.4) is 0 Å². The summed E-state index contributed by atoms with van der Waals surface area (Å²) in [5.41, 5.74) is 4.63. The summed E-state index contributed by atoms with van der Waals surface area (Å²) in [5, 5.41) is 13.4. The Morgan fingerprint density at radius 2 is 1.60 bits per heavy atom. The molecule has 2 aromatic carbocycles. The fourth-order valence-corrected chi connectivity index (χ4v) is 4.72. The Hall–Kier alpha value is -4.20. The standard InChI is InChI=1S/C27H26N8/c1-19-24(31-32-27-30-25(33-35(19)27)22-10-6-3-7-11-22)23-12-15-28-26(29-23)34-16-13-21(14-17-34)18-20-8-4-2-5-9-20/h2-12,15,21H,13-14,16-18H2,1H3. The maximum atomic E-state index is 4.86. The van der Waals surface area contributed by atoms with Gasteiger partial charge in [0.05, 0.1) is 11.4 Å². The largest absolute Gasteiger partial charge is 0.341 e. The summed E-state index contributed by atoms with van der Waals surface area (Å²) in [4.78, 5) is 16.2. The first kappa shape index (κ1) is 21.3. The van der Waals surface area contributed by atoms with Crippen LogP contribution in [0.25, 0.3) is 28.6 Å². The van der Waals surface area contributed by atoms with Gasteiger partial charge in [0, 0.05) is 24.8 Å². The monoisotopic (exact) mass is 462 g/mol. The molecule has 1 aliphatic heterocycles. The molecule has 0 unspecified atom stereocenters. The average molecular weight is 463 g/mol. The lowest BCUT2D eigenvalue weighted by Gasteiger charge is -2.32. The van der Waals surface area contributed by atoms with Gasteiger partial charge in [0.15, 0.2) is 5.82 Å². The number of benzene rings is 2. The molecule has 0 saturated carbocycles. The van der Waals surface area contributed by atoms with E-state index >= 15 is 0 Å². The molecule has 8 heteroatoms. The van der Waals surface area contributed by atoms with Crippen molar-refractivity contribution in [3.63, 3.8) is 0 Å². The fourth-order valence-electron chi connectivity index (χ4n) is 4.72. The third kappa shape index (κ3) is 4.35. The summed E-state index contributed by atoms with van der Waals surface area (Å²) in [6, 6.07) is 22.5. The van der Waals surface area contributed by atoms with E-state index in [9.17, 15) is 0 Å². The van der Waals surface area contributed by atoms with Crippen LogP contribution in [0.4, 0.5) is 5.95 Å². The molecule has 0 bridgehead atoms. The van der Waals surface area contributed by atoms with Gasteiger partial charge < -0.3 is 4.90 Å². The van der Waals surface area contributed by atoms with E-state index in [4.69, 9.17) is 4.98 Å². The first-order valence-electron chi connectivity index (χ1n) is 12.0. The summed E-state index contributed by atoms with van der Waals surface area (Å²) >= 11 is 0. The van der Waals surface area contributed by atoms with Crippen molar-refractivity contribution in [2.45, 2.75) is 26.2 Å². The molecule has 0 N–H and O–H groups in total. The van der Waals surface area contributed by atoms with E-state index in [1.54, 1.807) is 10.7 Å². The molecule has 174 valence electrons. The van der Waals surface area contributed by atoms with Crippen LogP contribution in [-0.2, 0) is 6.42 Å². The van der Waals surface area contributed by atoms with Crippen LogP contribution < -0.4 is 4.90 Å². The Bertz CT molecular complexity index is 1440. The van der Waals surface area contributed by atoms with Gasteiger partial charge in [-0.3, -0.25) is 0 Å². The fraction of sp³-hybridized carbons (Fsp3) is 0.259. The highest BCUT2D eigenvalue weighted by atomic mass is 15.4. The second-order valence-electron chi connectivity index (χ2n) is 9.01. The number of rotatable bonds is 5. The zero-order chi connectivity index (χ0) is 23.6. The molecule has 0 spiro atoms. The average Bonchev–Trinajstić information content (AvgIpc) is 3.36. The van der Waals surface area contributed by atoms with E-state index in [0.29, 0.717) is 23.2 Å². The smallest absolute Gasteiger partial charge is 0.272 e. The van der Waals surface area contributed by atoms with E-state index in [-0.39, 0.29) is 0 Å². The van der Waals surface area contributed by atoms with Crippen molar-refractivity contribution in [3.05, 3.63) is 84.2 Å². The predicted octanol–water partition coefficient (Wildman–Crippen LogP) is 4.41. The van der Waals surface area contributed by atoms with Crippen molar-refractivity contribution in [2.24, 2.45) is 5.92 Å². The Balaban J connectivity index is 1.22. The van der Waals surface area contributed by atoms with Crippen molar-refractivity contribution in [1.29, 1.82) is 0 Å². The number of piperidine rings is 1. The third-order valence-corrected chi connectivity index (χ3v) is 6.67. The zero-order valence-corrected chi connectivity index (χ0v) is 19.6. The summed E-state index contributed by atoms with van der Waals surface area (Å²) in [7, 11) is 0. The molecule has 8 nitrogen and oxygen atoms in total. The Morgan fingerprint density at radius 1 is 0.857 bits per heavy atom. The maximum absolute atomic E-state index is 4.86. The molecule has 6 rings (SSSR count). The highest BCUT2D eigenvalue weighted by Gasteiger charge is 2.22. The van der Waals surface area contributed by atoms with Gasteiger partial charge in [-0.25, -0.2) is 9.97 Å². The molecule has 35 heavy (non-hydrogen) atoms. The van der Waals surface area contributed by atoms with Crippen LogP contribution in [0, 0.1) is 12.8 Å². The molecular weight excluding hydrogens is 436 g/mol. The molecule has 1 aliphatic rings. The molecule has 0 radical (unpaired) electrons. The lowest BCUT2D eigenvalue weighted by Crippen LogP contribution is -2.35. The molecule has 0 amide bonds. The molecular formula is C27H26N8. The molecule has 0 atom stereocenters. The van der Waals surface area contributed by atoms with Gasteiger partial charge in [-0.05, 0) is 43.7 Å². The van der Waals surface area contributed by atoms with Gasteiger partial charge >= 0.3 is 0 Å². The van der Waals surface area contributed by atoms with Crippen molar-refractivity contribution < 1.29 is 0 Å². The number of anilines is 1. The quantitative estimate of drug-likeness (QED) is 0.382. The highest BCUT2D eigenvalue weighted by molar-refractivity contribution is 5.61. The number of hydrogen-bond acceptors (Lipinski definition) is 7. The van der Waals surface area contributed by atoms with Crippen LogP contribution in [0.5, 0.6) is 0 Å². The highest BCUT2D eigenvalue weighted by Crippen LogP contribution is 2.26. The molecule has 0 aliphatic carbocycles. The summed E-state index contributed by atoms with van der Waals surface area (Å²) < 4.78 is 1.74. The van der Waals surface area contributed by atoms with Crippen molar-refractivity contribution in [2.75, 3.05) is 18.0 Å². The predicted molar refractivity (Wildman–Crippen MR) is 135 cm³/mol. The van der Waals surface area contributed by atoms with E-state index in [0.717, 1.165) is 55.3 Å². The van der Waals surface area contributed by atoms with Crippen molar-refractivity contribution in [3.8, 4) is 22.8 Å². The van der Waals surface area contributed by atoms with Gasteiger partial charge in [-0.15, -0.1) is 15.3 Å². The molecule has 1 fully saturated rings. The van der Waals surface area contributed by atoms with Crippen LogP contribution in [0.15, 0.2) is 72.9 Å². The summed E-state index contributed by atoms with van der Waals surface area (Å²) in [5.74, 6) is 2.53. The number of aromatic nitrogens is 7. The minimum atomic E-state index is 0.472. The second-order valence-corrected chi connectivity index (χ2v) is 9.01.